The highest BCUT2D eigenvalue weighted by atomic mass is 32.2. The number of benzene rings is 2. The van der Waals surface area contributed by atoms with Crippen molar-refractivity contribution in [1.29, 1.82) is 0 Å². The van der Waals surface area contributed by atoms with E-state index >= 15 is 0 Å². The molecule has 2 aromatic carbocycles. The number of rotatable bonds is 7. The van der Waals surface area contributed by atoms with Gasteiger partial charge in [0.05, 0.1) is 5.25 Å². The molecule has 0 aliphatic rings. The van der Waals surface area contributed by atoms with Crippen LogP contribution in [0.1, 0.15) is 23.9 Å². The first-order chi connectivity index (χ1) is 13.0. The molecule has 1 heterocycles. The summed E-state index contributed by atoms with van der Waals surface area (Å²) in [6.07, 6.45) is 0. The summed E-state index contributed by atoms with van der Waals surface area (Å²) in [5, 5.41) is 10.8. The number of nitrogens with one attached hydrogen (secondary N) is 1. The Labute approximate surface area is 162 Å². The van der Waals surface area contributed by atoms with E-state index in [1.165, 1.54) is 11.8 Å². The van der Waals surface area contributed by atoms with Crippen molar-refractivity contribution >= 4 is 23.4 Å². The van der Waals surface area contributed by atoms with E-state index in [0.29, 0.717) is 11.1 Å². The maximum Gasteiger partial charge on any atom is 0.277 e. The van der Waals surface area contributed by atoms with Crippen molar-refractivity contribution in [3.63, 3.8) is 0 Å². The molecule has 3 rings (SSSR count). The number of anilines is 1. The van der Waals surface area contributed by atoms with Gasteiger partial charge < -0.3 is 14.5 Å². The zero-order chi connectivity index (χ0) is 19.2. The molecule has 0 radical (unpaired) electrons. The summed E-state index contributed by atoms with van der Waals surface area (Å²) in [5.41, 5.74) is 2.92. The van der Waals surface area contributed by atoms with Gasteiger partial charge in [0.1, 0.15) is 5.75 Å². The molecule has 1 aromatic heterocycles. The van der Waals surface area contributed by atoms with Crippen molar-refractivity contribution in [3.05, 3.63) is 65.5 Å². The zero-order valence-corrected chi connectivity index (χ0v) is 16.2. The Morgan fingerprint density at radius 1 is 1.19 bits per heavy atom. The first kappa shape index (κ1) is 19.0. The molecular formula is C20H21N3O3S. The molecule has 6 nitrogen and oxygen atoms in total. The second kappa shape index (κ2) is 8.73. The molecule has 0 spiro atoms. The van der Waals surface area contributed by atoms with E-state index < -0.39 is 0 Å². The third-order valence-electron chi connectivity index (χ3n) is 3.85. The fourth-order valence-electron chi connectivity index (χ4n) is 2.35. The Hall–Kier alpha value is -2.80. The molecule has 1 atom stereocenters. The molecule has 0 aliphatic carbocycles. The molecule has 0 aliphatic heterocycles. The monoisotopic (exact) mass is 383 g/mol. The van der Waals surface area contributed by atoms with Gasteiger partial charge in [0.15, 0.2) is 6.61 Å². The van der Waals surface area contributed by atoms with Crippen molar-refractivity contribution in [2.45, 2.75) is 37.9 Å². The standard InChI is InChI=1S/C20H21N3O3S/c1-13-7-6-9-16(11-13)25-12-18-22-23-20(26-18)27-15(3)19(24)21-17-10-5-4-8-14(17)2/h4-11,15H,12H2,1-3H3,(H,21,24). The van der Waals surface area contributed by atoms with Gasteiger partial charge in [-0.2, -0.15) is 0 Å². The average molecular weight is 383 g/mol. The van der Waals surface area contributed by atoms with Crippen LogP contribution < -0.4 is 10.1 Å². The summed E-state index contributed by atoms with van der Waals surface area (Å²) in [5.74, 6) is 0.990. The number of aryl methyl sites for hydroxylation is 2. The number of hydrogen-bond donors (Lipinski definition) is 1. The van der Waals surface area contributed by atoms with Crippen LogP contribution in [0.4, 0.5) is 5.69 Å². The normalized spacial score (nSPS) is 11.8. The lowest BCUT2D eigenvalue weighted by molar-refractivity contribution is -0.115. The fourth-order valence-corrected chi connectivity index (χ4v) is 3.05. The quantitative estimate of drug-likeness (QED) is 0.610. The van der Waals surface area contributed by atoms with Gasteiger partial charge in [-0.05, 0) is 50.1 Å². The average Bonchev–Trinajstić information content (AvgIpc) is 3.09. The number of ether oxygens (including phenoxy) is 1. The predicted octanol–water partition coefficient (Wildman–Crippen LogP) is 4.38. The van der Waals surface area contributed by atoms with Gasteiger partial charge in [-0.3, -0.25) is 4.79 Å². The lowest BCUT2D eigenvalue weighted by atomic mass is 10.2. The number of para-hydroxylation sites is 1. The number of aromatic nitrogens is 2. The number of carbonyl (C=O) groups excluding carboxylic acids is 1. The summed E-state index contributed by atoms with van der Waals surface area (Å²) in [6.45, 7) is 5.93. The summed E-state index contributed by atoms with van der Waals surface area (Å²) < 4.78 is 11.2. The third kappa shape index (κ3) is 5.34. The van der Waals surface area contributed by atoms with Crippen LogP contribution in [0.2, 0.25) is 0 Å². The lowest BCUT2D eigenvalue weighted by Crippen LogP contribution is -2.22. The van der Waals surface area contributed by atoms with Crippen LogP contribution in [0.5, 0.6) is 5.75 Å². The highest BCUT2D eigenvalue weighted by Gasteiger charge is 2.19. The van der Waals surface area contributed by atoms with Crippen LogP contribution >= 0.6 is 11.8 Å². The van der Waals surface area contributed by atoms with Crippen LogP contribution in [-0.2, 0) is 11.4 Å². The number of nitrogens with zero attached hydrogens (tertiary/aromatic N) is 2. The van der Waals surface area contributed by atoms with Crippen LogP contribution in [0.3, 0.4) is 0 Å². The third-order valence-corrected chi connectivity index (χ3v) is 4.78. The number of amides is 1. The molecule has 0 saturated carbocycles. The van der Waals surface area contributed by atoms with Gasteiger partial charge in [0.25, 0.3) is 11.1 Å². The number of hydrogen-bond acceptors (Lipinski definition) is 6. The van der Waals surface area contributed by atoms with E-state index in [-0.39, 0.29) is 17.8 Å². The summed E-state index contributed by atoms with van der Waals surface area (Å²) in [6, 6.07) is 15.4. The van der Waals surface area contributed by atoms with Crippen molar-refractivity contribution in [3.8, 4) is 5.75 Å². The van der Waals surface area contributed by atoms with E-state index in [2.05, 4.69) is 15.5 Å². The fraction of sp³-hybridized carbons (Fsp3) is 0.250. The van der Waals surface area contributed by atoms with Crippen molar-refractivity contribution in [2.24, 2.45) is 0 Å². The number of carbonyl (C=O) groups is 1. The Bertz CT molecular complexity index is 926. The maximum absolute atomic E-state index is 12.4. The largest absolute Gasteiger partial charge is 0.484 e. The van der Waals surface area contributed by atoms with E-state index in [9.17, 15) is 4.79 Å². The SMILES string of the molecule is Cc1cccc(OCc2nnc(SC(C)C(=O)Nc3ccccc3C)o2)c1. The van der Waals surface area contributed by atoms with E-state index in [1.54, 1.807) is 6.92 Å². The van der Waals surface area contributed by atoms with Gasteiger partial charge in [0.2, 0.25) is 5.91 Å². The molecule has 3 aromatic rings. The van der Waals surface area contributed by atoms with Crippen LogP contribution in [0, 0.1) is 13.8 Å². The second-order valence-corrected chi connectivity index (χ2v) is 7.42. The maximum atomic E-state index is 12.4. The molecule has 7 heteroatoms. The minimum Gasteiger partial charge on any atom is -0.484 e. The van der Waals surface area contributed by atoms with Gasteiger partial charge >= 0.3 is 0 Å². The minimum atomic E-state index is -0.379. The topological polar surface area (TPSA) is 77.2 Å². The van der Waals surface area contributed by atoms with Crippen LogP contribution in [0.25, 0.3) is 0 Å². The minimum absolute atomic E-state index is 0.120. The molecule has 1 unspecified atom stereocenters. The van der Waals surface area contributed by atoms with E-state index in [0.717, 1.165) is 22.6 Å². The molecule has 0 fully saturated rings. The summed E-state index contributed by atoms with van der Waals surface area (Å²) >= 11 is 1.21. The smallest absolute Gasteiger partial charge is 0.277 e. The van der Waals surface area contributed by atoms with Gasteiger partial charge in [-0.1, -0.05) is 42.1 Å². The highest BCUT2D eigenvalue weighted by molar-refractivity contribution is 8.00. The molecular weight excluding hydrogens is 362 g/mol. The van der Waals surface area contributed by atoms with Crippen molar-refractivity contribution in [1.82, 2.24) is 10.2 Å². The molecule has 140 valence electrons. The zero-order valence-electron chi connectivity index (χ0n) is 15.4. The first-order valence-electron chi connectivity index (χ1n) is 8.56. The second-order valence-electron chi connectivity index (χ2n) is 6.13. The van der Waals surface area contributed by atoms with Crippen LogP contribution in [0.15, 0.2) is 58.2 Å². The first-order valence-corrected chi connectivity index (χ1v) is 9.44. The van der Waals surface area contributed by atoms with Gasteiger partial charge in [-0.15, -0.1) is 10.2 Å². The Morgan fingerprint density at radius 3 is 2.78 bits per heavy atom. The molecule has 1 amide bonds. The Morgan fingerprint density at radius 2 is 2.00 bits per heavy atom. The Balaban J connectivity index is 1.53. The predicted molar refractivity (Wildman–Crippen MR) is 105 cm³/mol. The lowest BCUT2D eigenvalue weighted by Gasteiger charge is -2.11. The molecule has 1 N–H and O–H groups in total. The van der Waals surface area contributed by atoms with E-state index in [4.69, 9.17) is 9.15 Å². The van der Waals surface area contributed by atoms with E-state index in [1.807, 2.05) is 62.4 Å². The van der Waals surface area contributed by atoms with Gasteiger partial charge in [0, 0.05) is 5.69 Å². The summed E-state index contributed by atoms with van der Waals surface area (Å²) in [4.78, 5) is 12.4. The number of thioether (sulfide) groups is 1. The van der Waals surface area contributed by atoms with Crippen molar-refractivity contribution < 1.29 is 13.9 Å². The van der Waals surface area contributed by atoms with Crippen LogP contribution in [-0.4, -0.2) is 21.4 Å². The molecule has 0 saturated heterocycles. The highest BCUT2D eigenvalue weighted by Crippen LogP contribution is 2.24. The summed E-state index contributed by atoms with van der Waals surface area (Å²) in [7, 11) is 0. The van der Waals surface area contributed by atoms with Crippen molar-refractivity contribution in [2.75, 3.05) is 5.32 Å². The molecule has 27 heavy (non-hydrogen) atoms. The Kier molecular flexibility index (Phi) is 6.13. The molecule has 0 bridgehead atoms. The van der Waals surface area contributed by atoms with Gasteiger partial charge in [-0.25, -0.2) is 0 Å².